The van der Waals surface area contributed by atoms with Gasteiger partial charge in [0.1, 0.15) is 0 Å². The van der Waals surface area contributed by atoms with Gasteiger partial charge in [-0.25, -0.2) is 12.7 Å². The standard InChI is InChI=1S/C22H26N2O5S/c1-23(2)30(27,28)19-11-7-8-17(16-19)20(25)24-14-12-22(13-15-24,21(26)29-3)18-9-5-4-6-10-18/h4-11,16H,12-15H2,1-3H3. The Bertz CT molecular complexity index is 1030. The fraction of sp³-hybridized carbons (Fsp3) is 0.364. The molecule has 1 aliphatic heterocycles. The van der Waals surface area contributed by atoms with Crippen molar-refractivity contribution in [3.05, 3.63) is 65.7 Å². The zero-order valence-electron chi connectivity index (χ0n) is 17.4. The summed E-state index contributed by atoms with van der Waals surface area (Å²) in [6.07, 6.45) is 0.871. The first-order chi connectivity index (χ1) is 14.2. The second-order valence-electron chi connectivity index (χ2n) is 7.55. The van der Waals surface area contributed by atoms with Crippen molar-refractivity contribution in [1.29, 1.82) is 0 Å². The summed E-state index contributed by atoms with van der Waals surface area (Å²) in [5.74, 6) is -0.558. The van der Waals surface area contributed by atoms with E-state index in [0.717, 1.165) is 9.87 Å². The van der Waals surface area contributed by atoms with Crippen LogP contribution in [0, 0.1) is 0 Å². The summed E-state index contributed by atoms with van der Waals surface area (Å²) < 4.78 is 31.0. The molecule has 1 fully saturated rings. The minimum Gasteiger partial charge on any atom is -0.468 e. The maximum atomic E-state index is 13.0. The van der Waals surface area contributed by atoms with E-state index in [0.29, 0.717) is 31.5 Å². The van der Waals surface area contributed by atoms with Crippen LogP contribution in [0.3, 0.4) is 0 Å². The summed E-state index contributed by atoms with van der Waals surface area (Å²) in [6.45, 7) is 0.737. The number of carbonyl (C=O) groups is 2. The monoisotopic (exact) mass is 430 g/mol. The topological polar surface area (TPSA) is 84.0 Å². The van der Waals surface area contributed by atoms with Crippen LogP contribution in [0.4, 0.5) is 0 Å². The van der Waals surface area contributed by atoms with E-state index in [1.807, 2.05) is 30.3 Å². The molecule has 0 spiro atoms. The Morgan fingerprint density at radius 1 is 1.00 bits per heavy atom. The molecule has 2 aromatic carbocycles. The summed E-state index contributed by atoms with van der Waals surface area (Å²) in [7, 11) is 0.642. The van der Waals surface area contributed by atoms with Gasteiger partial charge in [0, 0.05) is 32.7 Å². The lowest BCUT2D eigenvalue weighted by Crippen LogP contribution is -2.49. The molecule has 0 aliphatic carbocycles. The fourth-order valence-corrected chi connectivity index (χ4v) is 4.79. The maximum Gasteiger partial charge on any atom is 0.316 e. The van der Waals surface area contributed by atoms with Crippen LogP contribution >= 0.6 is 0 Å². The largest absolute Gasteiger partial charge is 0.468 e. The van der Waals surface area contributed by atoms with Crippen molar-refractivity contribution >= 4 is 21.9 Å². The summed E-state index contributed by atoms with van der Waals surface area (Å²) in [5, 5.41) is 0. The number of amides is 1. The molecule has 0 radical (unpaired) electrons. The van der Waals surface area contributed by atoms with Crippen molar-refractivity contribution in [3.8, 4) is 0 Å². The number of piperidine rings is 1. The Morgan fingerprint density at radius 3 is 2.20 bits per heavy atom. The fourth-order valence-electron chi connectivity index (χ4n) is 3.84. The highest BCUT2D eigenvalue weighted by Crippen LogP contribution is 2.37. The molecule has 3 rings (SSSR count). The van der Waals surface area contributed by atoms with Gasteiger partial charge in [-0.05, 0) is 36.6 Å². The normalized spacial score (nSPS) is 16.3. The maximum absolute atomic E-state index is 13.0. The van der Waals surface area contributed by atoms with Crippen LogP contribution in [0.5, 0.6) is 0 Å². The van der Waals surface area contributed by atoms with Gasteiger partial charge in [0.05, 0.1) is 17.4 Å². The first kappa shape index (κ1) is 22.0. The van der Waals surface area contributed by atoms with Crippen molar-refractivity contribution in [2.24, 2.45) is 0 Å². The number of methoxy groups -OCH3 is 1. The molecule has 0 saturated carbocycles. The molecular weight excluding hydrogens is 404 g/mol. The number of nitrogens with zero attached hydrogens (tertiary/aromatic N) is 2. The van der Waals surface area contributed by atoms with Crippen molar-refractivity contribution in [1.82, 2.24) is 9.21 Å². The number of carbonyl (C=O) groups excluding carboxylic acids is 2. The molecular formula is C22H26N2O5S. The Balaban J connectivity index is 1.82. The number of likely N-dealkylation sites (tertiary alicyclic amines) is 1. The third kappa shape index (κ3) is 3.97. The minimum atomic E-state index is -3.63. The van der Waals surface area contributed by atoms with Gasteiger partial charge in [-0.3, -0.25) is 9.59 Å². The molecule has 160 valence electrons. The molecule has 1 heterocycles. The third-order valence-electron chi connectivity index (χ3n) is 5.67. The van der Waals surface area contributed by atoms with Crippen LogP contribution in [0.25, 0.3) is 0 Å². The molecule has 1 amide bonds. The zero-order chi connectivity index (χ0) is 21.9. The quantitative estimate of drug-likeness (QED) is 0.680. The first-order valence-corrected chi connectivity index (χ1v) is 11.1. The highest BCUT2D eigenvalue weighted by Gasteiger charge is 2.44. The van der Waals surface area contributed by atoms with Gasteiger partial charge in [-0.2, -0.15) is 0 Å². The van der Waals surface area contributed by atoms with Gasteiger partial charge in [0.25, 0.3) is 5.91 Å². The molecule has 7 nitrogen and oxygen atoms in total. The minimum absolute atomic E-state index is 0.0727. The van der Waals surface area contributed by atoms with Crippen molar-refractivity contribution in [3.63, 3.8) is 0 Å². The van der Waals surface area contributed by atoms with Crippen molar-refractivity contribution in [2.75, 3.05) is 34.3 Å². The van der Waals surface area contributed by atoms with Gasteiger partial charge in [0.2, 0.25) is 10.0 Å². The molecule has 30 heavy (non-hydrogen) atoms. The molecule has 0 unspecified atom stereocenters. The second kappa shape index (κ2) is 8.57. The van der Waals surface area contributed by atoms with Crippen LogP contribution < -0.4 is 0 Å². The molecule has 0 atom stereocenters. The lowest BCUT2D eigenvalue weighted by atomic mass is 9.72. The Morgan fingerprint density at radius 2 is 1.63 bits per heavy atom. The highest BCUT2D eigenvalue weighted by atomic mass is 32.2. The van der Waals surface area contributed by atoms with Crippen molar-refractivity contribution < 1.29 is 22.7 Å². The van der Waals surface area contributed by atoms with Gasteiger partial charge in [0.15, 0.2) is 0 Å². The van der Waals surface area contributed by atoms with Gasteiger partial charge in [-0.15, -0.1) is 0 Å². The van der Waals surface area contributed by atoms with Gasteiger partial charge >= 0.3 is 5.97 Å². The average Bonchev–Trinajstić information content (AvgIpc) is 2.78. The number of benzene rings is 2. The van der Waals surface area contributed by atoms with E-state index in [4.69, 9.17) is 4.74 Å². The predicted molar refractivity (Wildman–Crippen MR) is 113 cm³/mol. The van der Waals surface area contributed by atoms with Crippen LogP contribution in [0.1, 0.15) is 28.8 Å². The smallest absolute Gasteiger partial charge is 0.316 e. The van der Waals surface area contributed by atoms with E-state index in [1.54, 1.807) is 17.0 Å². The van der Waals surface area contributed by atoms with E-state index in [2.05, 4.69) is 0 Å². The molecule has 8 heteroatoms. The summed E-state index contributed by atoms with van der Waals surface area (Å²) >= 11 is 0. The SMILES string of the molecule is COC(=O)C1(c2ccccc2)CCN(C(=O)c2cccc(S(=O)(=O)N(C)C)c2)CC1. The van der Waals surface area contributed by atoms with Crippen LogP contribution in [0.15, 0.2) is 59.5 Å². The van der Waals surface area contributed by atoms with Crippen LogP contribution in [-0.4, -0.2) is 63.8 Å². The lowest BCUT2D eigenvalue weighted by molar-refractivity contribution is -0.149. The Hall–Kier alpha value is -2.71. The van der Waals surface area contributed by atoms with Crippen molar-refractivity contribution in [2.45, 2.75) is 23.2 Å². The zero-order valence-corrected chi connectivity index (χ0v) is 18.2. The Kier molecular flexibility index (Phi) is 6.28. The van der Waals surface area contributed by atoms with Gasteiger partial charge in [-0.1, -0.05) is 36.4 Å². The number of hydrogen-bond donors (Lipinski definition) is 0. The molecule has 2 aromatic rings. The van der Waals surface area contributed by atoms with Crippen LogP contribution in [0.2, 0.25) is 0 Å². The number of ether oxygens (including phenoxy) is 1. The van der Waals surface area contributed by atoms with Gasteiger partial charge < -0.3 is 9.64 Å². The molecule has 1 aliphatic rings. The third-order valence-corrected chi connectivity index (χ3v) is 7.48. The van der Waals surface area contributed by atoms with E-state index in [-0.39, 0.29) is 16.8 Å². The molecule has 0 aromatic heterocycles. The first-order valence-electron chi connectivity index (χ1n) is 9.68. The predicted octanol–water partition coefficient (Wildman–Crippen LogP) is 2.28. The van der Waals surface area contributed by atoms with E-state index >= 15 is 0 Å². The molecule has 0 N–H and O–H groups in total. The summed E-state index contributed by atoms with van der Waals surface area (Å²) in [4.78, 5) is 27.4. The summed E-state index contributed by atoms with van der Waals surface area (Å²) in [5.41, 5.74) is 0.398. The molecule has 0 bridgehead atoms. The Labute approximate surface area is 177 Å². The van der Waals surface area contributed by atoms with Crippen LogP contribution in [-0.2, 0) is 25.0 Å². The average molecular weight is 431 g/mol. The lowest BCUT2D eigenvalue weighted by Gasteiger charge is -2.40. The van der Waals surface area contributed by atoms with E-state index < -0.39 is 15.4 Å². The molecule has 1 saturated heterocycles. The number of esters is 1. The highest BCUT2D eigenvalue weighted by molar-refractivity contribution is 7.89. The number of sulfonamides is 1. The number of rotatable bonds is 5. The second-order valence-corrected chi connectivity index (χ2v) is 9.70. The summed E-state index contributed by atoms with van der Waals surface area (Å²) in [6, 6.07) is 15.5. The number of hydrogen-bond acceptors (Lipinski definition) is 5. The van der Waals surface area contributed by atoms with E-state index in [9.17, 15) is 18.0 Å². The van der Waals surface area contributed by atoms with E-state index in [1.165, 1.54) is 33.3 Å².